The van der Waals surface area contributed by atoms with E-state index in [1.54, 1.807) is 24.3 Å². The SMILES string of the molecule is CCOCCC(=O)NCCN1C(=O)S/C(=C\c2ccc(Cl)cc2Cl)C1=O. The predicted octanol–water partition coefficient (Wildman–Crippen LogP) is 3.57. The Labute approximate surface area is 165 Å². The number of imide groups is 1. The zero-order chi connectivity index (χ0) is 19.1. The molecule has 1 aliphatic rings. The summed E-state index contributed by atoms with van der Waals surface area (Å²) in [5.74, 6) is -0.594. The third-order valence-electron chi connectivity index (χ3n) is 3.46. The number of benzene rings is 1. The maximum Gasteiger partial charge on any atom is 0.293 e. The van der Waals surface area contributed by atoms with E-state index in [9.17, 15) is 14.4 Å². The molecule has 1 aliphatic heterocycles. The van der Waals surface area contributed by atoms with Gasteiger partial charge < -0.3 is 10.1 Å². The Bertz CT molecular complexity index is 739. The lowest BCUT2D eigenvalue weighted by atomic mass is 10.2. The highest BCUT2D eigenvalue weighted by Crippen LogP contribution is 2.33. The molecule has 1 heterocycles. The third kappa shape index (κ3) is 5.74. The van der Waals surface area contributed by atoms with Gasteiger partial charge in [-0.05, 0) is 42.5 Å². The molecule has 1 aromatic carbocycles. The van der Waals surface area contributed by atoms with Crippen molar-refractivity contribution in [1.29, 1.82) is 0 Å². The van der Waals surface area contributed by atoms with Crippen molar-refractivity contribution in [2.24, 2.45) is 0 Å². The van der Waals surface area contributed by atoms with Crippen LogP contribution in [0, 0.1) is 0 Å². The number of amides is 3. The second kappa shape index (κ2) is 9.97. The summed E-state index contributed by atoms with van der Waals surface area (Å²) >= 11 is 12.8. The molecule has 1 N–H and O–H groups in total. The number of carbonyl (C=O) groups excluding carboxylic acids is 3. The first kappa shape index (κ1) is 20.8. The number of thioether (sulfide) groups is 1. The molecule has 1 fully saturated rings. The smallest absolute Gasteiger partial charge is 0.293 e. The monoisotopic (exact) mass is 416 g/mol. The Balaban J connectivity index is 1.92. The van der Waals surface area contributed by atoms with Crippen LogP contribution in [0.4, 0.5) is 4.79 Å². The minimum Gasteiger partial charge on any atom is -0.381 e. The van der Waals surface area contributed by atoms with Crippen molar-refractivity contribution >= 4 is 58.1 Å². The van der Waals surface area contributed by atoms with Crippen LogP contribution >= 0.6 is 35.0 Å². The topological polar surface area (TPSA) is 75.7 Å². The van der Waals surface area contributed by atoms with Crippen LogP contribution in [-0.2, 0) is 14.3 Å². The van der Waals surface area contributed by atoms with Gasteiger partial charge in [0.25, 0.3) is 11.1 Å². The number of nitrogens with one attached hydrogen (secondary N) is 1. The van der Waals surface area contributed by atoms with Gasteiger partial charge in [-0.3, -0.25) is 19.3 Å². The average Bonchev–Trinajstić information content (AvgIpc) is 2.85. The summed E-state index contributed by atoms with van der Waals surface area (Å²) in [5, 5.41) is 3.16. The number of rotatable bonds is 8. The van der Waals surface area contributed by atoms with Gasteiger partial charge in [0.2, 0.25) is 5.91 Å². The van der Waals surface area contributed by atoms with Crippen LogP contribution in [0.15, 0.2) is 23.1 Å². The third-order valence-corrected chi connectivity index (χ3v) is 4.93. The summed E-state index contributed by atoms with van der Waals surface area (Å²) in [5.41, 5.74) is 0.603. The number of halogens is 2. The molecule has 0 atom stereocenters. The van der Waals surface area contributed by atoms with Crippen molar-refractivity contribution < 1.29 is 19.1 Å². The van der Waals surface area contributed by atoms with Crippen LogP contribution in [0.25, 0.3) is 6.08 Å². The first-order valence-corrected chi connectivity index (χ1v) is 9.54. The van der Waals surface area contributed by atoms with Crippen LogP contribution < -0.4 is 5.32 Å². The molecule has 2 rings (SSSR count). The van der Waals surface area contributed by atoms with Gasteiger partial charge in [-0.2, -0.15) is 0 Å². The van der Waals surface area contributed by atoms with Gasteiger partial charge in [0.1, 0.15) is 0 Å². The van der Waals surface area contributed by atoms with E-state index in [4.69, 9.17) is 27.9 Å². The lowest BCUT2D eigenvalue weighted by Crippen LogP contribution is -2.37. The molecule has 0 saturated carbocycles. The molecule has 9 heteroatoms. The first-order valence-electron chi connectivity index (χ1n) is 7.97. The van der Waals surface area contributed by atoms with Gasteiger partial charge in [0.05, 0.1) is 11.5 Å². The number of nitrogens with zero attached hydrogens (tertiary/aromatic N) is 1. The fourth-order valence-corrected chi connectivity index (χ4v) is 3.48. The molecular formula is C17H18Cl2N2O4S. The molecule has 1 aromatic rings. The molecule has 6 nitrogen and oxygen atoms in total. The predicted molar refractivity (Wildman–Crippen MR) is 103 cm³/mol. The molecule has 0 unspecified atom stereocenters. The van der Waals surface area contributed by atoms with Gasteiger partial charge >= 0.3 is 0 Å². The van der Waals surface area contributed by atoms with Crippen LogP contribution in [0.5, 0.6) is 0 Å². The molecule has 0 radical (unpaired) electrons. The molecule has 1 saturated heterocycles. The highest BCUT2D eigenvalue weighted by atomic mass is 35.5. The summed E-state index contributed by atoms with van der Waals surface area (Å²) in [7, 11) is 0. The zero-order valence-corrected chi connectivity index (χ0v) is 16.4. The Morgan fingerprint density at radius 1 is 1.35 bits per heavy atom. The Hall–Kier alpha value is -1.54. The normalized spacial score (nSPS) is 15.8. The van der Waals surface area contributed by atoms with Crippen molar-refractivity contribution in [3.05, 3.63) is 38.7 Å². The van der Waals surface area contributed by atoms with Crippen molar-refractivity contribution in [3.63, 3.8) is 0 Å². The molecule has 3 amide bonds. The van der Waals surface area contributed by atoms with E-state index >= 15 is 0 Å². The van der Waals surface area contributed by atoms with Gasteiger partial charge in [-0.1, -0.05) is 29.3 Å². The second-order valence-electron chi connectivity index (χ2n) is 5.30. The largest absolute Gasteiger partial charge is 0.381 e. The summed E-state index contributed by atoms with van der Waals surface area (Å²) < 4.78 is 5.10. The Morgan fingerprint density at radius 2 is 2.12 bits per heavy atom. The van der Waals surface area contributed by atoms with Crippen LogP contribution in [-0.4, -0.2) is 48.3 Å². The summed E-state index contributed by atoms with van der Waals surface area (Å²) in [6, 6.07) is 4.90. The number of hydrogen-bond donors (Lipinski definition) is 1. The van der Waals surface area contributed by atoms with E-state index in [1.165, 1.54) is 0 Å². The maximum atomic E-state index is 12.4. The van der Waals surface area contributed by atoms with E-state index in [-0.39, 0.29) is 35.6 Å². The van der Waals surface area contributed by atoms with Crippen molar-refractivity contribution in [2.75, 3.05) is 26.3 Å². The summed E-state index contributed by atoms with van der Waals surface area (Å²) in [6.07, 6.45) is 1.80. The molecular weight excluding hydrogens is 399 g/mol. The number of carbonyl (C=O) groups is 3. The van der Waals surface area contributed by atoms with Gasteiger partial charge in [-0.15, -0.1) is 0 Å². The summed E-state index contributed by atoms with van der Waals surface area (Å²) in [6.45, 7) is 3.04. The fraction of sp³-hybridized carbons (Fsp3) is 0.353. The second-order valence-corrected chi connectivity index (χ2v) is 7.13. The van der Waals surface area contributed by atoms with E-state index in [1.807, 2.05) is 6.92 Å². The van der Waals surface area contributed by atoms with Gasteiger partial charge in [0, 0.05) is 36.2 Å². The minimum atomic E-state index is -0.408. The lowest BCUT2D eigenvalue weighted by molar-refractivity contribution is -0.124. The van der Waals surface area contributed by atoms with Crippen LogP contribution in [0.1, 0.15) is 18.9 Å². The van der Waals surface area contributed by atoms with Crippen molar-refractivity contribution in [3.8, 4) is 0 Å². The standard InChI is InChI=1S/C17H18Cl2N2O4S/c1-2-25-8-5-15(22)20-6-7-21-16(23)14(26-17(21)24)9-11-3-4-12(18)10-13(11)19/h3-4,9-10H,2,5-8H2,1H3,(H,20,22)/b14-9-. The van der Waals surface area contributed by atoms with Crippen LogP contribution in [0.2, 0.25) is 10.0 Å². The van der Waals surface area contributed by atoms with Gasteiger partial charge in [-0.25, -0.2) is 0 Å². The summed E-state index contributed by atoms with van der Waals surface area (Å²) in [4.78, 5) is 37.4. The highest BCUT2D eigenvalue weighted by Gasteiger charge is 2.34. The molecule has 0 aromatic heterocycles. The van der Waals surface area contributed by atoms with Crippen LogP contribution in [0.3, 0.4) is 0 Å². The van der Waals surface area contributed by atoms with Crippen molar-refractivity contribution in [1.82, 2.24) is 10.2 Å². The maximum absolute atomic E-state index is 12.4. The average molecular weight is 417 g/mol. The molecule has 0 spiro atoms. The molecule has 0 aliphatic carbocycles. The van der Waals surface area contributed by atoms with Gasteiger partial charge in [0.15, 0.2) is 0 Å². The fourth-order valence-electron chi connectivity index (χ4n) is 2.16. The van der Waals surface area contributed by atoms with E-state index in [0.717, 1.165) is 16.7 Å². The van der Waals surface area contributed by atoms with E-state index in [2.05, 4.69) is 5.32 Å². The van der Waals surface area contributed by atoms with Crippen molar-refractivity contribution in [2.45, 2.75) is 13.3 Å². The minimum absolute atomic E-state index is 0.108. The molecule has 140 valence electrons. The van der Waals surface area contributed by atoms with E-state index < -0.39 is 5.91 Å². The molecule has 0 bridgehead atoms. The highest BCUT2D eigenvalue weighted by molar-refractivity contribution is 8.18. The molecule has 26 heavy (non-hydrogen) atoms. The Morgan fingerprint density at radius 3 is 2.81 bits per heavy atom. The first-order chi connectivity index (χ1) is 12.4. The quantitative estimate of drug-likeness (QED) is 0.517. The zero-order valence-electron chi connectivity index (χ0n) is 14.1. The Kier molecular flexibility index (Phi) is 7.96. The lowest BCUT2D eigenvalue weighted by Gasteiger charge is -2.13. The number of ether oxygens (including phenoxy) is 1. The number of hydrogen-bond acceptors (Lipinski definition) is 5. The van der Waals surface area contributed by atoms with E-state index in [0.29, 0.717) is 28.8 Å².